The molecule has 0 aromatic carbocycles. The molecule has 2 nitrogen and oxygen atoms in total. The van der Waals surface area contributed by atoms with Crippen molar-refractivity contribution in [2.75, 3.05) is 0 Å². The highest BCUT2D eigenvalue weighted by molar-refractivity contribution is 5.88. The first-order valence-corrected chi connectivity index (χ1v) is 5.07. The van der Waals surface area contributed by atoms with Crippen LogP contribution in [-0.2, 0) is 4.79 Å². The Labute approximate surface area is 91.3 Å². The van der Waals surface area contributed by atoms with Crippen molar-refractivity contribution < 1.29 is 4.79 Å². The van der Waals surface area contributed by atoms with E-state index in [9.17, 15) is 4.79 Å². The Morgan fingerprint density at radius 1 is 1.53 bits per heavy atom. The lowest BCUT2D eigenvalue weighted by molar-refractivity contribution is -0.128. The van der Waals surface area contributed by atoms with Crippen LogP contribution in [0.1, 0.15) is 13.8 Å². The Morgan fingerprint density at radius 2 is 2.20 bits per heavy atom. The van der Waals surface area contributed by atoms with E-state index < -0.39 is 0 Å². The van der Waals surface area contributed by atoms with E-state index in [1.165, 1.54) is 6.08 Å². The summed E-state index contributed by atoms with van der Waals surface area (Å²) in [5.74, 6) is -0.0469. The van der Waals surface area contributed by atoms with Crippen molar-refractivity contribution in [2.24, 2.45) is 0 Å². The van der Waals surface area contributed by atoms with E-state index in [1.54, 1.807) is 11.0 Å². The third-order valence-electron chi connectivity index (χ3n) is 2.44. The molecule has 0 saturated heterocycles. The van der Waals surface area contributed by atoms with Crippen molar-refractivity contribution in [3.63, 3.8) is 0 Å². The van der Waals surface area contributed by atoms with Gasteiger partial charge in [-0.15, -0.1) is 0 Å². The molecule has 1 unspecified atom stereocenters. The first kappa shape index (κ1) is 11.5. The van der Waals surface area contributed by atoms with E-state index in [4.69, 9.17) is 0 Å². The van der Waals surface area contributed by atoms with Gasteiger partial charge in [-0.05, 0) is 25.5 Å². The quantitative estimate of drug-likeness (QED) is 0.643. The lowest BCUT2D eigenvalue weighted by Gasteiger charge is -2.32. The third-order valence-corrected chi connectivity index (χ3v) is 2.44. The fraction of sp³-hybridized carbons (Fsp3) is 0.308. The highest BCUT2D eigenvalue weighted by Crippen LogP contribution is 2.21. The van der Waals surface area contributed by atoms with Crippen molar-refractivity contribution in [1.82, 2.24) is 4.90 Å². The molecule has 1 atom stereocenters. The van der Waals surface area contributed by atoms with E-state index in [-0.39, 0.29) is 18.0 Å². The van der Waals surface area contributed by atoms with Gasteiger partial charge in [0.15, 0.2) is 0 Å². The summed E-state index contributed by atoms with van der Waals surface area (Å²) < 4.78 is 0. The van der Waals surface area contributed by atoms with Gasteiger partial charge in [0.1, 0.15) is 0 Å². The Hall–Kier alpha value is -1.57. The molecule has 0 aliphatic heterocycles. The molecule has 0 saturated carbocycles. The topological polar surface area (TPSA) is 20.3 Å². The van der Waals surface area contributed by atoms with E-state index in [2.05, 4.69) is 13.2 Å². The number of nitrogens with zero attached hydrogens (tertiary/aromatic N) is 1. The Bertz CT molecular complexity index is 336. The number of hydrogen-bond acceptors (Lipinski definition) is 1. The van der Waals surface area contributed by atoms with Crippen LogP contribution in [0.25, 0.3) is 0 Å². The van der Waals surface area contributed by atoms with Crippen molar-refractivity contribution >= 4 is 5.91 Å². The monoisotopic (exact) mass is 203 g/mol. The van der Waals surface area contributed by atoms with Crippen molar-refractivity contribution in [3.05, 3.63) is 49.1 Å². The summed E-state index contributed by atoms with van der Waals surface area (Å²) in [5.41, 5.74) is 1.05. The molecule has 1 aliphatic rings. The van der Waals surface area contributed by atoms with Gasteiger partial charge in [0.05, 0.1) is 6.04 Å². The van der Waals surface area contributed by atoms with Crippen molar-refractivity contribution in [2.45, 2.75) is 25.9 Å². The molecule has 0 heterocycles. The molecule has 0 bridgehead atoms. The predicted octanol–water partition coefficient (Wildman–Crippen LogP) is 2.46. The summed E-state index contributed by atoms with van der Waals surface area (Å²) in [6.07, 6.45) is 9.07. The molecule has 80 valence electrons. The van der Waals surface area contributed by atoms with Crippen LogP contribution in [0, 0.1) is 0 Å². The minimum atomic E-state index is -0.0469. The third kappa shape index (κ3) is 2.27. The van der Waals surface area contributed by atoms with Crippen LogP contribution in [0.2, 0.25) is 0 Å². The van der Waals surface area contributed by atoms with Crippen LogP contribution >= 0.6 is 0 Å². The molecular weight excluding hydrogens is 186 g/mol. The minimum Gasteiger partial charge on any atom is -0.326 e. The Kier molecular flexibility index (Phi) is 3.67. The second kappa shape index (κ2) is 4.78. The van der Waals surface area contributed by atoms with Gasteiger partial charge >= 0.3 is 0 Å². The number of amides is 1. The van der Waals surface area contributed by atoms with Gasteiger partial charge in [-0.25, -0.2) is 0 Å². The normalized spacial score (nSPS) is 18.9. The zero-order chi connectivity index (χ0) is 11.4. The molecule has 1 aliphatic carbocycles. The SMILES string of the molecule is C=CC(=O)N(C(C)C)C1C=CC=C1C=C. The minimum absolute atomic E-state index is 0.00741. The molecule has 1 rings (SSSR count). The first-order valence-electron chi connectivity index (χ1n) is 5.07. The molecule has 0 N–H and O–H groups in total. The zero-order valence-electron chi connectivity index (χ0n) is 9.31. The van der Waals surface area contributed by atoms with Gasteiger partial charge in [0, 0.05) is 6.04 Å². The predicted molar refractivity (Wildman–Crippen MR) is 63.4 cm³/mol. The summed E-state index contributed by atoms with van der Waals surface area (Å²) in [6, 6.07) is 0.152. The van der Waals surface area contributed by atoms with Crippen LogP contribution in [0.15, 0.2) is 49.1 Å². The number of carbonyl (C=O) groups is 1. The Balaban J connectivity index is 2.95. The lowest BCUT2D eigenvalue weighted by atomic mass is 10.1. The highest BCUT2D eigenvalue weighted by atomic mass is 16.2. The second-order valence-corrected chi connectivity index (χ2v) is 3.74. The van der Waals surface area contributed by atoms with Gasteiger partial charge in [0.2, 0.25) is 5.91 Å². The molecule has 0 fully saturated rings. The van der Waals surface area contributed by atoms with Crippen molar-refractivity contribution in [3.8, 4) is 0 Å². The molecule has 0 radical (unpaired) electrons. The lowest BCUT2D eigenvalue weighted by Crippen LogP contribution is -2.43. The zero-order valence-corrected chi connectivity index (χ0v) is 9.31. The average molecular weight is 203 g/mol. The van der Waals surface area contributed by atoms with Gasteiger partial charge in [-0.2, -0.15) is 0 Å². The fourth-order valence-corrected chi connectivity index (χ4v) is 1.74. The summed E-state index contributed by atoms with van der Waals surface area (Å²) in [7, 11) is 0. The summed E-state index contributed by atoms with van der Waals surface area (Å²) in [5, 5.41) is 0. The van der Waals surface area contributed by atoms with Gasteiger partial charge in [-0.3, -0.25) is 4.79 Å². The van der Waals surface area contributed by atoms with Crippen LogP contribution < -0.4 is 0 Å². The molecule has 15 heavy (non-hydrogen) atoms. The highest BCUT2D eigenvalue weighted by Gasteiger charge is 2.25. The van der Waals surface area contributed by atoms with E-state index in [0.717, 1.165) is 5.57 Å². The summed E-state index contributed by atoms with van der Waals surface area (Å²) >= 11 is 0. The summed E-state index contributed by atoms with van der Waals surface area (Å²) in [4.78, 5) is 13.5. The molecule has 0 aromatic heterocycles. The standard InChI is InChI=1S/C13H17NO/c1-5-11-8-7-9-12(11)14(10(3)4)13(15)6-2/h5-10,12H,1-2H2,3-4H3. The fourth-order valence-electron chi connectivity index (χ4n) is 1.74. The molecule has 2 heteroatoms. The molecule has 1 amide bonds. The largest absolute Gasteiger partial charge is 0.326 e. The first-order chi connectivity index (χ1) is 7.11. The van der Waals surface area contributed by atoms with E-state index >= 15 is 0 Å². The summed E-state index contributed by atoms with van der Waals surface area (Å²) in [6.45, 7) is 11.3. The maximum Gasteiger partial charge on any atom is 0.246 e. The van der Waals surface area contributed by atoms with Crippen LogP contribution in [-0.4, -0.2) is 22.9 Å². The molecule has 0 aromatic rings. The average Bonchev–Trinajstić information content (AvgIpc) is 2.65. The van der Waals surface area contributed by atoms with E-state index in [0.29, 0.717) is 0 Å². The molecular formula is C13H17NO. The van der Waals surface area contributed by atoms with Crippen LogP contribution in [0.5, 0.6) is 0 Å². The van der Waals surface area contributed by atoms with Gasteiger partial charge in [0.25, 0.3) is 0 Å². The number of hydrogen-bond donors (Lipinski definition) is 0. The maximum atomic E-state index is 11.7. The second-order valence-electron chi connectivity index (χ2n) is 3.74. The van der Waals surface area contributed by atoms with Crippen LogP contribution in [0.3, 0.4) is 0 Å². The van der Waals surface area contributed by atoms with Crippen molar-refractivity contribution in [1.29, 1.82) is 0 Å². The van der Waals surface area contributed by atoms with Gasteiger partial charge < -0.3 is 4.90 Å². The van der Waals surface area contributed by atoms with Gasteiger partial charge in [-0.1, -0.05) is 37.5 Å². The number of allylic oxidation sites excluding steroid dienone is 2. The number of rotatable bonds is 4. The smallest absolute Gasteiger partial charge is 0.246 e. The number of carbonyl (C=O) groups excluding carboxylic acids is 1. The Morgan fingerprint density at radius 3 is 2.67 bits per heavy atom. The molecule has 0 spiro atoms. The maximum absolute atomic E-state index is 11.7. The van der Waals surface area contributed by atoms with E-state index in [1.807, 2.05) is 32.1 Å². The van der Waals surface area contributed by atoms with Crippen LogP contribution in [0.4, 0.5) is 0 Å².